The third kappa shape index (κ3) is 5.74. The van der Waals surface area contributed by atoms with Crippen LogP contribution in [0.3, 0.4) is 0 Å². The van der Waals surface area contributed by atoms with Gasteiger partial charge < -0.3 is 9.13 Å². The quantitative estimate of drug-likeness (QED) is 0.185. The molecule has 0 saturated carbocycles. The third-order valence-corrected chi connectivity index (χ3v) is 13.6. The van der Waals surface area contributed by atoms with Gasteiger partial charge in [0.15, 0.2) is 20.1 Å². The van der Waals surface area contributed by atoms with Crippen molar-refractivity contribution >= 4 is 35.5 Å². The zero-order valence-corrected chi connectivity index (χ0v) is 23.7. The van der Waals surface area contributed by atoms with E-state index in [1.54, 1.807) is 127 Å². The van der Waals surface area contributed by atoms with Crippen LogP contribution in [-0.2, 0) is 9.13 Å². The van der Waals surface area contributed by atoms with Crippen molar-refractivity contribution < 1.29 is 22.3 Å². The Labute approximate surface area is 237 Å². The van der Waals surface area contributed by atoms with Crippen LogP contribution in [0.15, 0.2) is 152 Å². The predicted molar refractivity (Wildman–Crippen MR) is 162 cm³/mol. The van der Waals surface area contributed by atoms with Crippen LogP contribution in [0.1, 0.15) is 11.3 Å². The lowest BCUT2D eigenvalue weighted by molar-refractivity contribution is -0.136. The fraction of sp³-hybridized carbons (Fsp3) is 0.0909. The molecule has 0 aliphatic heterocycles. The first kappa shape index (κ1) is 28.8. The fourth-order valence-corrected chi connectivity index (χ4v) is 11.2. The van der Waals surface area contributed by atoms with Gasteiger partial charge in [0.05, 0.1) is 5.78 Å². The first-order valence-electron chi connectivity index (χ1n) is 13.1. The minimum atomic E-state index is -4.97. The lowest BCUT2D eigenvalue weighted by Gasteiger charge is -2.37. The molecule has 0 radical (unpaired) electrons. The summed E-state index contributed by atoms with van der Waals surface area (Å²) in [4.78, 5) is 0. The van der Waals surface area contributed by atoms with Gasteiger partial charge in [0, 0.05) is 21.2 Å². The minimum absolute atomic E-state index is 0.0575. The molecule has 3 nitrogen and oxygen atoms in total. The lowest BCUT2D eigenvalue weighted by Crippen LogP contribution is -2.49. The maximum Gasteiger partial charge on any atom is 0.411 e. The van der Waals surface area contributed by atoms with Crippen LogP contribution in [0.2, 0.25) is 0 Å². The topological polar surface area (TPSA) is 46.2 Å². The second-order valence-corrected chi connectivity index (χ2v) is 15.3. The maximum absolute atomic E-state index is 15.5. The van der Waals surface area contributed by atoms with Gasteiger partial charge in [-0.05, 0) is 5.56 Å². The summed E-state index contributed by atoms with van der Waals surface area (Å²) in [6.07, 6.45) is -4.97. The van der Waals surface area contributed by atoms with Gasteiger partial charge in [0.25, 0.3) is 0 Å². The van der Waals surface area contributed by atoms with Crippen LogP contribution < -0.4 is 26.5 Å². The molecule has 0 aliphatic rings. The average Bonchev–Trinajstić information content (AvgIpc) is 3.02. The van der Waals surface area contributed by atoms with Crippen molar-refractivity contribution in [2.45, 2.75) is 17.7 Å². The molecule has 0 fully saturated rings. The summed E-state index contributed by atoms with van der Waals surface area (Å²) in [7, 11) is -8.30. The van der Waals surface area contributed by atoms with Crippen LogP contribution >= 0.6 is 14.3 Å². The second kappa shape index (κ2) is 12.0. The molecule has 208 valence electrons. The molecule has 41 heavy (non-hydrogen) atoms. The number of halogens is 3. The minimum Gasteiger partial charge on any atom is -0.312 e. The van der Waals surface area contributed by atoms with E-state index in [-0.39, 0.29) is 10.6 Å². The maximum atomic E-state index is 15.5. The molecule has 5 aromatic rings. The number of hydrogen-bond acceptors (Lipinski definition) is 3. The van der Waals surface area contributed by atoms with Crippen molar-refractivity contribution in [1.82, 2.24) is 5.32 Å². The van der Waals surface area contributed by atoms with E-state index >= 15 is 22.3 Å². The number of rotatable bonds is 9. The van der Waals surface area contributed by atoms with Gasteiger partial charge in [-0.25, -0.2) is 0 Å². The predicted octanol–water partition coefficient (Wildman–Crippen LogP) is 7.19. The largest absolute Gasteiger partial charge is 0.411 e. The van der Waals surface area contributed by atoms with Crippen molar-refractivity contribution in [3.8, 4) is 0 Å². The van der Waals surface area contributed by atoms with Gasteiger partial charge >= 0.3 is 6.18 Å². The first-order chi connectivity index (χ1) is 19.8. The molecule has 0 bridgehead atoms. The Balaban J connectivity index is 1.79. The van der Waals surface area contributed by atoms with E-state index in [4.69, 9.17) is 0 Å². The third-order valence-electron chi connectivity index (χ3n) is 7.03. The van der Waals surface area contributed by atoms with Gasteiger partial charge in [-0.15, -0.1) is 0 Å². The summed E-state index contributed by atoms with van der Waals surface area (Å²) in [5, 5.41) is 3.63. The SMILES string of the molecule is O=P(c1ccccc1)(c1ccccc1)C(NC(C(F)(F)F)P(=O)(c1ccccc1)c1ccccc1)c1ccccc1. The number of alkyl halides is 3. The second-order valence-electron chi connectivity index (χ2n) is 9.58. The molecule has 5 rings (SSSR count). The Morgan fingerprint density at radius 2 is 0.756 bits per heavy atom. The highest BCUT2D eigenvalue weighted by molar-refractivity contribution is 7.80. The van der Waals surface area contributed by atoms with Gasteiger partial charge in [0.1, 0.15) is 0 Å². The van der Waals surface area contributed by atoms with E-state index < -0.39 is 32.0 Å². The molecule has 0 heterocycles. The van der Waals surface area contributed by atoms with E-state index in [1.807, 2.05) is 0 Å². The molecular formula is C33H28F3NO2P2. The summed E-state index contributed by atoms with van der Waals surface area (Å²) in [6.45, 7) is 0. The zero-order chi connectivity index (χ0) is 28.9. The van der Waals surface area contributed by atoms with Crippen molar-refractivity contribution in [3.05, 3.63) is 157 Å². The van der Waals surface area contributed by atoms with E-state index in [0.717, 1.165) is 0 Å². The van der Waals surface area contributed by atoms with Crippen LogP contribution in [0, 0.1) is 0 Å². The lowest BCUT2D eigenvalue weighted by atomic mass is 10.2. The van der Waals surface area contributed by atoms with E-state index in [9.17, 15) is 0 Å². The van der Waals surface area contributed by atoms with E-state index in [0.29, 0.717) is 16.2 Å². The molecule has 2 unspecified atom stereocenters. The van der Waals surface area contributed by atoms with Gasteiger partial charge in [-0.2, -0.15) is 13.2 Å². The summed E-state index contributed by atoms with van der Waals surface area (Å²) < 4.78 is 76.5. The highest BCUT2D eigenvalue weighted by Gasteiger charge is 2.55. The molecule has 0 aliphatic carbocycles. The molecule has 0 saturated heterocycles. The molecule has 0 spiro atoms. The smallest absolute Gasteiger partial charge is 0.312 e. The number of benzene rings is 5. The van der Waals surface area contributed by atoms with Crippen LogP contribution in [0.4, 0.5) is 13.2 Å². The van der Waals surface area contributed by atoms with Crippen LogP contribution in [0.25, 0.3) is 0 Å². The summed E-state index contributed by atoms with van der Waals surface area (Å²) in [5.74, 6) is -3.88. The molecule has 1 N–H and O–H groups in total. The normalized spacial score (nSPS) is 13.8. The average molecular weight is 590 g/mol. The van der Waals surface area contributed by atoms with Crippen LogP contribution in [0.5, 0.6) is 0 Å². The standard InChI is InChI=1S/C33H28F3NO2P2/c34-33(35,36)32(41(39,29-22-12-4-13-23-29)30-24-14-5-15-25-30)37-31(26-16-6-1-7-17-26)40(38,27-18-8-2-9-19-27)28-20-10-3-11-21-28/h1-25,31-32,37H. The first-order valence-corrected chi connectivity index (χ1v) is 16.6. The molecule has 8 heteroatoms. The molecule has 0 aromatic heterocycles. The van der Waals surface area contributed by atoms with Gasteiger partial charge in [-0.3, -0.25) is 5.32 Å². The Morgan fingerprint density at radius 1 is 0.463 bits per heavy atom. The van der Waals surface area contributed by atoms with E-state index in [2.05, 4.69) is 5.32 Å². The molecule has 2 atom stereocenters. The Hall–Kier alpha value is -3.69. The summed E-state index contributed by atoms with van der Waals surface area (Å²) in [6, 6.07) is 41.0. The van der Waals surface area contributed by atoms with Crippen molar-refractivity contribution in [2.75, 3.05) is 0 Å². The summed E-state index contributed by atoms with van der Waals surface area (Å²) in [5.41, 5.74) is 0.394. The fourth-order valence-electron chi connectivity index (χ4n) is 5.09. The highest BCUT2D eigenvalue weighted by Crippen LogP contribution is 2.60. The Kier molecular flexibility index (Phi) is 8.47. The zero-order valence-electron chi connectivity index (χ0n) is 21.9. The summed E-state index contributed by atoms with van der Waals surface area (Å²) >= 11 is 0. The molecule has 0 amide bonds. The molecule has 5 aromatic carbocycles. The van der Waals surface area contributed by atoms with Crippen molar-refractivity contribution in [2.24, 2.45) is 0 Å². The Morgan fingerprint density at radius 3 is 1.07 bits per heavy atom. The monoisotopic (exact) mass is 589 g/mol. The Bertz CT molecular complexity index is 1560. The molecular weight excluding hydrogens is 561 g/mol. The van der Waals surface area contributed by atoms with Gasteiger partial charge in [0.2, 0.25) is 0 Å². The van der Waals surface area contributed by atoms with Crippen LogP contribution in [-0.4, -0.2) is 12.0 Å². The highest BCUT2D eigenvalue weighted by atomic mass is 31.2. The van der Waals surface area contributed by atoms with Crippen molar-refractivity contribution in [3.63, 3.8) is 0 Å². The van der Waals surface area contributed by atoms with Crippen molar-refractivity contribution in [1.29, 1.82) is 0 Å². The van der Waals surface area contributed by atoms with Gasteiger partial charge in [-0.1, -0.05) is 152 Å². The number of hydrogen-bond donors (Lipinski definition) is 1. The number of nitrogens with one attached hydrogen (secondary N) is 1. The van der Waals surface area contributed by atoms with E-state index in [1.165, 1.54) is 24.3 Å².